The molecule has 15 heavy (non-hydrogen) atoms. The van der Waals surface area contributed by atoms with Gasteiger partial charge in [-0.25, -0.2) is 0 Å². The first kappa shape index (κ1) is 9.93. The van der Waals surface area contributed by atoms with Crippen molar-refractivity contribution in [1.82, 2.24) is 4.98 Å². The molecule has 0 aliphatic rings. The summed E-state index contributed by atoms with van der Waals surface area (Å²) >= 11 is 5.85. The number of pyridine rings is 1. The van der Waals surface area contributed by atoms with E-state index in [0.717, 1.165) is 5.56 Å². The van der Waals surface area contributed by atoms with Gasteiger partial charge in [-0.05, 0) is 23.8 Å². The minimum Gasteiger partial charge on any atom is -0.472 e. The lowest BCUT2D eigenvalue weighted by Gasteiger charge is -1.99. The first-order chi connectivity index (χ1) is 7.27. The smallest absolute Gasteiger partial charge is 0.187 e. The molecule has 0 bridgehead atoms. The number of furan rings is 1. The summed E-state index contributed by atoms with van der Waals surface area (Å²) in [5.74, 6) is -0.109. The number of ketones is 1. The molecule has 76 valence electrons. The Balaban J connectivity index is 2.19. The average molecular weight is 222 g/mol. The third-order valence-electron chi connectivity index (χ3n) is 1.97. The van der Waals surface area contributed by atoms with Crippen molar-refractivity contribution in [1.29, 1.82) is 0 Å². The molecule has 0 aliphatic heterocycles. The monoisotopic (exact) mass is 221 g/mol. The zero-order valence-corrected chi connectivity index (χ0v) is 8.57. The van der Waals surface area contributed by atoms with Crippen LogP contribution in [-0.2, 0) is 6.42 Å². The number of carbonyl (C=O) groups excluding carboxylic acids is 1. The SMILES string of the molecule is O=C(Cc1ccoc1)c1ncccc1Cl. The Morgan fingerprint density at radius 3 is 3.00 bits per heavy atom. The van der Waals surface area contributed by atoms with Crippen LogP contribution in [0.15, 0.2) is 41.3 Å². The maximum atomic E-state index is 11.7. The van der Waals surface area contributed by atoms with Crippen molar-refractivity contribution < 1.29 is 9.21 Å². The summed E-state index contributed by atoms with van der Waals surface area (Å²) in [6, 6.07) is 5.09. The Hall–Kier alpha value is -1.61. The summed E-state index contributed by atoms with van der Waals surface area (Å²) < 4.78 is 4.88. The summed E-state index contributed by atoms with van der Waals surface area (Å²) in [4.78, 5) is 15.7. The summed E-state index contributed by atoms with van der Waals surface area (Å²) in [5, 5.41) is 0.381. The van der Waals surface area contributed by atoms with E-state index < -0.39 is 0 Å². The highest BCUT2D eigenvalue weighted by Gasteiger charge is 2.12. The fraction of sp³-hybridized carbons (Fsp3) is 0.0909. The summed E-state index contributed by atoms with van der Waals surface area (Å²) in [6.07, 6.45) is 4.87. The van der Waals surface area contributed by atoms with E-state index in [-0.39, 0.29) is 12.2 Å². The number of hydrogen-bond acceptors (Lipinski definition) is 3. The first-order valence-corrected chi connectivity index (χ1v) is 4.80. The van der Waals surface area contributed by atoms with Crippen LogP contribution in [0.25, 0.3) is 0 Å². The molecule has 0 N–H and O–H groups in total. The van der Waals surface area contributed by atoms with Crippen molar-refractivity contribution in [2.24, 2.45) is 0 Å². The highest BCUT2D eigenvalue weighted by Crippen LogP contribution is 2.15. The molecule has 0 spiro atoms. The van der Waals surface area contributed by atoms with E-state index in [4.69, 9.17) is 16.0 Å². The lowest BCUT2D eigenvalue weighted by molar-refractivity contribution is 0.0988. The molecule has 0 atom stereocenters. The Kier molecular flexibility index (Phi) is 2.83. The number of Topliss-reactive ketones (excluding diaryl/α,β-unsaturated/α-hetero) is 1. The molecule has 0 unspecified atom stereocenters. The fourth-order valence-corrected chi connectivity index (χ4v) is 1.48. The van der Waals surface area contributed by atoms with Gasteiger partial charge in [0.1, 0.15) is 5.69 Å². The second-order valence-corrected chi connectivity index (χ2v) is 3.47. The molecule has 2 rings (SSSR count). The Labute approximate surface area is 91.7 Å². The number of carbonyl (C=O) groups is 1. The summed E-state index contributed by atoms with van der Waals surface area (Å²) in [6.45, 7) is 0. The second kappa shape index (κ2) is 4.28. The summed E-state index contributed by atoms with van der Waals surface area (Å²) in [7, 11) is 0. The van der Waals surface area contributed by atoms with E-state index in [0.29, 0.717) is 10.7 Å². The molecule has 0 amide bonds. The molecule has 0 fully saturated rings. The minimum absolute atomic E-state index is 0.109. The van der Waals surface area contributed by atoms with Crippen LogP contribution in [0.5, 0.6) is 0 Å². The topological polar surface area (TPSA) is 43.1 Å². The zero-order chi connectivity index (χ0) is 10.7. The van der Waals surface area contributed by atoms with Crippen LogP contribution in [-0.4, -0.2) is 10.8 Å². The maximum Gasteiger partial charge on any atom is 0.187 e. The second-order valence-electron chi connectivity index (χ2n) is 3.07. The van der Waals surface area contributed by atoms with Crippen molar-refractivity contribution in [2.75, 3.05) is 0 Å². The third-order valence-corrected chi connectivity index (χ3v) is 2.27. The van der Waals surface area contributed by atoms with E-state index in [1.807, 2.05) is 0 Å². The normalized spacial score (nSPS) is 10.2. The Morgan fingerprint density at radius 2 is 2.33 bits per heavy atom. The van der Waals surface area contributed by atoms with Gasteiger partial charge in [0.2, 0.25) is 0 Å². The van der Waals surface area contributed by atoms with Crippen LogP contribution in [0.3, 0.4) is 0 Å². The standard InChI is InChI=1S/C11H8ClNO2/c12-9-2-1-4-13-11(9)10(14)6-8-3-5-15-7-8/h1-5,7H,6H2. The van der Waals surface area contributed by atoms with E-state index in [1.165, 1.54) is 12.5 Å². The molecule has 3 nitrogen and oxygen atoms in total. The maximum absolute atomic E-state index is 11.7. The molecule has 0 saturated heterocycles. The van der Waals surface area contributed by atoms with Gasteiger partial charge in [-0.1, -0.05) is 11.6 Å². The predicted molar refractivity (Wildman–Crippen MR) is 56.0 cm³/mol. The van der Waals surface area contributed by atoms with Crippen LogP contribution in [0.2, 0.25) is 5.02 Å². The third kappa shape index (κ3) is 2.25. The van der Waals surface area contributed by atoms with Crippen molar-refractivity contribution in [3.8, 4) is 0 Å². The van der Waals surface area contributed by atoms with E-state index in [1.54, 1.807) is 24.4 Å². The van der Waals surface area contributed by atoms with E-state index in [9.17, 15) is 4.79 Å². The molecule has 0 saturated carbocycles. The predicted octanol–water partition coefficient (Wildman–Crippen LogP) is 2.75. The van der Waals surface area contributed by atoms with Crippen LogP contribution >= 0.6 is 11.6 Å². The molecular formula is C11H8ClNO2. The van der Waals surface area contributed by atoms with Gasteiger partial charge in [-0.3, -0.25) is 9.78 Å². The zero-order valence-electron chi connectivity index (χ0n) is 7.81. The lowest BCUT2D eigenvalue weighted by Crippen LogP contribution is -2.05. The highest BCUT2D eigenvalue weighted by molar-refractivity contribution is 6.33. The lowest BCUT2D eigenvalue weighted by atomic mass is 10.1. The van der Waals surface area contributed by atoms with Gasteiger partial charge in [0.05, 0.1) is 17.5 Å². The number of nitrogens with zero attached hydrogens (tertiary/aromatic N) is 1. The molecule has 2 heterocycles. The largest absolute Gasteiger partial charge is 0.472 e. The molecule has 4 heteroatoms. The molecular weight excluding hydrogens is 214 g/mol. The molecule has 2 aromatic rings. The molecule has 0 radical (unpaired) electrons. The average Bonchev–Trinajstić information content (AvgIpc) is 2.71. The van der Waals surface area contributed by atoms with Crippen molar-refractivity contribution in [3.05, 3.63) is 53.2 Å². The van der Waals surface area contributed by atoms with Crippen LogP contribution < -0.4 is 0 Å². The minimum atomic E-state index is -0.109. The van der Waals surface area contributed by atoms with Gasteiger partial charge in [-0.15, -0.1) is 0 Å². The van der Waals surface area contributed by atoms with Crippen LogP contribution in [0, 0.1) is 0 Å². The summed E-state index contributed by atoms with van der Waals surface area (Å²) in [5.41, 5.74) is 1.13. The molecule has 0 aromatic carbocycles. The van der Waals surface area contributed by atoms with Gasteiger partial charge in [0.25, 0.3) is 0 Å². The van der Waals surface area contributed by atoms with Crippen LogP contribution in [0.1, 0.15) is 16.1 Å². The molecule has 0 aliphatic carbocycles. The van der Waals surface area contributed by atoms with Gasteiger partial charge in [0.15, 0.2) is 5.78 Å². The number of halogens is 1. The quantitative estimate of drug-likeness (QED) is 0.749. The molecule has 2 aromatic heterocycles. The Bertz CT molecular complexity index is 465. The van der Waals surface area contributed by atoms with Crippen molar-refractivity contribution >= 4 is 17.4 Å². The van der Waals surface area contributed by atoms with Gasteiger partial charge >= 0.3 is 0 Å². The number of hydrogen-bond donors (Lipinski definition) is 0. The van der Waals surface area contributed by atoms with E-state index in [2.05, 4.69) is 4.98 Å². The van der Waals surface area contributed by atoms with Crippen molar-refractivity contribution in [3.63, 3.8) is 0 Å². The van der Waals surface area contributed by atoms with Gasteiger partial charge in [-0.2, -0.15) is 0 Å². The highest BCUT2D eigenvalue weighted by atomic mass is 35.5. The Morgan fingerprint density at radius 1 is 1.47 bits per heavy atom. The van der Waals surface area contributed by atoms with Gasteiger partial charge < -0.3 is 4.42 Å². The van der Waals surface area contributed by atoms with Gasteiger partial charge in [0, 0.05) is 12.6 Å². The number of rotatable bonds is 3. The van der Waals surface area contributed by atoms with E-state index >= 15 is 0 Å². The number of aromatic nitrogens is 1. The first-order valence-electron chi connectivity index (χ1n) is 4.42. The van der Waals surface area contributed by atoms with Crippen LogP contribution in [0.4, 0.5) is 0 Å². The van der Waals surface area contributed by atoms with Crippen molar-refractivity contribution in [2.45, 2.75) is 6.42 Å². The fourth-order valence-electron chi connectivity index (χ4n) is 1.25.